The number of methoxy groups -OCH3 is 1. The average molecular weight is 475 g/mol. The number of halogens is 2. The van der Waals surface area contributed by atoms with Crippen LogP contribution in [-0.4, -0.2) is 60.4 Å². The lowest BCUT2D eigenvalue weighted by molar-refractivity contribution is -0.0655. The van der Waals surface area contributed by atoms with Gasteiger partial charge in [0.2, 0.25) is 0 Å². The van der Waals surface area contributed by atoms with Crippen LogP contribution in [0.4, 0.5) is 11.5 Å². The number of fused-ring (bicyclic) bond motifs is 2. The highest BCUT2D eigenvalue weighted by Gasteiger charge is 2.32. The molecule has 7 nitrogen and oxygen atoms in total. The number of nitrogens with one attached hydrogen (secondary N) is 1. The first-order valence-electron chi connectivity index (χ1n) is 10.6. The summed E-state index contributed by atoms with van der Waals surface area (Å²) < 4.78 is 17.7. The fraction of sp³-hybridized carbons (Fsp3) is 0.391. The standard InChI is InChI=1S/C23H24Cl2N4O3/c1-30-21-8-17-20(26-13-27-23(17)28-14-4-5-18(24)19(25)7-14)9-22(21)32-12-16-10-29-6-2-3-15(29)11-31-16/h4-5,7-9,13,15-16H,2-3,6,10-12H2,1H3,(H,26,27,28)/t15-,16?/m1/s1. The Kier molecular flexibility index (Phi) is 6.24. The Bertz CT molecular complexity index is 1130. The van der Waals surface area contributed by atoms with Gasteiger partial charge in [0.15, 0.2) is 11.5 Å². The van der Waals surface area contributed by atoms with Crippen molar-refractivity contribution in [3.05, 3.63) is 46.7 Å². The maximum atomic E-state index is 6.14. The van der Waals surface area contributed by atoms with Crippen LogP contribution in [0.2, 0.25) is 10.0 Å². The smallest absolute Gasteiger partial charge is 0.163 e. The van der Waals surface area contributed by atoms with Gasteiger partial charge in [0, 0.05) is 29.7 Å². The predicted octanol–water partition coefficient (Wildman–Crippen LogP) is 4.93. The summed E-state index contributed by atoms with van der Waals surface area (Å²) in [7, 11) is 1.62. The van der Waals surface area contributed by atoms with E-state index >= 15 is 0 Å². The van der Waals surface area contributed by atoms with Gasteiger partial charge in [0.1, 0.15) is 24.9 Å². The molecule has 0 saturated carbocycles. The third kappa shape index (κ3) is 4.43. The molecule has 0 bridgehead atoms. The number of hydrogen-bond donors (Lipinski definition) is 1. The van der Waals surface area contributed by atoms with E-state index in [2.05, 4.69) is 20.2 Å². The minimum absolute atomic E-state index is 0.0435. The van der Waals surface area contributed by atoms with Gasteiger partial charge in [-0.3, -0.25) is 4.90 Å². The van der Waals surface area contributed by atoms with Gasteiger partial charge in [-0.05, 0) is 43.7 Å². The van der Waals surface area contributed by atoms with E-state index in [4.69, 9.17) is 37.4 Å². The van der Waals surface area contributed by atoms with E-state index in [9.17, 15) is 0 Å². The van der Waals surface area contributed by atoms with Crippen LogP contribution in [0.1, 0.15) is 12.8 Å². The molecule has 32 heavy (non-hydrogen) atoms. The van der Waals surface area contributed by atoms with E-state index in [0.717, 1.165) is 36.3 Å². The lowest BCUT2D eigenvalue weighted by atomic mass is 10.2. The second kappa shape index (κ2) is 9.27. The molecule has 5 rings (SSSR count). The highest BCUT2D eigenvalue weighted by Crippen LogP contribution is 2.36. The topological polar surface area (TPSA) is 68.7 Å². The van der Waals surface area contributed by atoms with Crippen molar-refractivity contribution in [1.82, 2.24) is 14.9 Å². The van der Waals surface area contributed by atoms with Crippen molar-refractivity contribution < 1.29 is 14.2 Å². The molecule has 1 N–H and O–H groups in total. The normalized spacial score (nSPS) is 20.8. The van der Waals surface area contributed by atoms with Crippen LogP contribution < -0.4 is 14.8 Å². The minimum atomic E-state index is 0.0435. The zero-order valence-electron chi connectivity index (χ0n) is 17.7. The number of hydrogen-bond acceptors (Lipinski definition) is 7. The Balaban J connectivity index is 1.36. The largest absolute Gasteiger partial charge is 0.493 e. The Morgan fingerprint density at radius 3 is 2.91 bits per heavy atom. The van der Waals surface area contributed by atoms with Crippen LogP contribution in [0.3, 0.4) is 0 Å². The van der Waals surface area contributed by atoms with Crippen LogP contribution >= 0.6 is 23.2 Å². The van der Waals surface area contributed by atoms with Crippen LogP contribution in [0.25, 0.3) is 10.9 Å². The van der Waals surface area contributed by atoms with Crippen molar-refractivity contribution in [1.29, 1.82) is 0 Å². The van der Waals surface area contributed by atoms with Crippen molar-refractivity contribution in [3.63, 3.8) is 0 Å². The summed E-state index contributed by atoms with van der Waals surface area (Å²) in [5.41, 5.74) is 1.51. The molecule has 0 spiro atoms. The van der Waals surface area contributed by atoms with Crippen molar-refractivity contribution in [2.24, 2.45) is 0 Å². The number of ether oxygens (including phenoxy) is 3. The molecule has 0 aliphatic carbocycles. The number of aromatic nitrogens is 2. The summed E-state index contributed by atoms with van der Waals surface area (Å²) in [4.78, 5) is 11.3. The lowest BCUT2D eigenvalue weighted by Gasteiger charge is -2.35. The molecule has 3 aromatic rings. The number of anilines is 2. The average Bonchev–Trinajstić information content (AvgIpc) is 3.27. The van der Waals surface area contributed by atoms with E-state index in [0.29, 0.717) is 40.0 Å². The Morgan fingerprint density at radius 1 is 1.16 bits per heavy atom. The molecule has 2 fully saturated rings. The van der Waals surface area contributed by atoms with E-state index in [1.54, 1.807) is 19.2 Å². The predicted molar refractivity (Wildman–Crippen MR) is 126 cm³/mol. The Hall–Kier alpha value is -2.32. The van der Waals surface area contributed by atoms with Crippen LogP contribution in [0.5, 0.6) is 11.5 Å². The van der Waals surface area contributed by atoms with Gasteiger partial charge >= 0.3 is 0 Å². The molecular formula is C23H24Cl2N4O3. The second-order valence-electron chi connectivity index (χ2n) is 8.05. The fourth-order valence-corrected chi connectivity index (χ4v) is 4.61. The molecule has 2 saturated heterocycles. The molecule has 168 valence electrons. The molecule has 0 amide bonds. The van der Waals surface area contributed by atoms with E-state index < -0.39 is 0 Å². The van der Waals surface area contributed by atoms with Gasteiger partial charge in [-0.2, -0.15) is 0 Å². The van der Waals surface area contributed by atoms with Crippen molar-refractivity contribution in [3.8, 4) is 11.5 Å². The van der Waals surface area contributed by atoms with E-state index in [1.165, 1.54) is 19.2 Å². The molecule has 2 atom stereocenters. The molecule has 2 aliphatic rings. The Morgan fingerprint density at radius 2 is 2.06 bits per heavy atom. The summed E-state index contributed by atoms with van der Waals surface area (Å²) in [6.07, 6.45) is 4.03. The van der Waals surface area contributed by atoms with Gasteiger partial charge in [0.05, 0.1) is 29.3 Å². The van der Waals surface area contributed by atoms with Crippen LogP contribution in [0.15, 0.2) is 36.7 Å². The summed E-state index contributed by atoms with van der Waals surface area (Å²) in [5, 5.41) is 5.04. The lowest BCUT2D eigenvalue weighted by Crippen LogP contribution is -2.48. The quantitative estimate of drug-likeness (QED) is 0.542. The van der Waals surface area contributed by atoms with Crippen molar-refractivity contribution >= 4 is 45.6 Å². The first kappa shape index (κ1) is 21.5. The minimum Gasteiger partial charge on any atom is -0.493 e. The molecule has 3 heterocycles. The third-order valence-electron chi connectivity index (χ3n) is 5.99. The van der Waals surface area contributed by atoms with Crippen LogP contribution in [0, 0.1) is 0 Å². The monoisotopic (exact) mass is 474 g/mol. The SMILES string of the molecule is COc1cc2c(Nc3ccc(Cl)c(Cl)c3)ncnc2cc1OCC1CN2CCC[C@@H]2CO1. The maximum Gasteiger partial charge on any atom is 0.163 e. The van der Waals surface area contributed by atoms with Gasteiger partial charge in [0.25, 0.3) is 0 Å². The first-order valence-corrected chi connectivity index (χ1v) is 11.4. The fourth-order valence-electron chi connectivity index (χ4n) is 4.32. The van der Waals surface area contributed by atoms with Crippen molar-refractivity contribution in [2.75, 3.05) is 38.7 Å². The molecular weight excluding hydrogens is 451 g/mol. The molecule has 0 radical (unpaired) electrons. The van der Waals surface area contributed by atoms with E-state index in [1.807, 2.05) is 18.2 Å². The number of morpholine rings is 1. The summed E-state index contributed by atoms with van der Waals surface area (Å²) in [6.45, 7) is 3.29. The van der Waals surface area contributed by atoms with Crippen molar-refractivity contribution in [2.45, 2.75) is 25.0 Å². The highest BCUT2D eigenvalue weighted by molar-refractivity contribution is 6.42. The summed E-state index contributed by atoms with van der Waals surface area (Å²) in [6, 6.07) is 9.65. The molecule has 2 aromatic carbocycles. The van der Waals surface area contributed by atoms with Gasteiger partial charge in [-0.25, -0.2) is 9.97 Å². The molecule has 9 heteroatoms. The number of rotatable bonds is 6. The van der Waals surface area contributed by atoms with Gasteiger partial charge < -0.3 is 19.5 Å². The maximum absolute atomic E-state index is 6.14. The molecule has 2 aliphatic heterocycles. The Labute approximate surface area is 196 Å². The number of nitrogens with zero attached hydrogens (tertiary/aromatic N) is 3. The van der Waals surface area contributed by atoms with Gasteiger partial charge in [-0.1, -0.05) is 23.2 Å². The zero-order chi connectivity index (χ0) is 22.1. The summed E-state index contributed by atoms with van der Waals surface area (Å²) in [5.74, 6) is 1.87. The van der Waals surface area contributed by atoms with E-state index in [-0.39, 0.29) is 6.10 Å². The van der Waals surface area contributed by atoms with Gasteiger partial charge in [-0.15, -0.1) is 0 Å². The molecule has 1 unspecified atom stereocenters. The highest BCUT2D eigenvalue weighted by atomic mass is 35.5. The summed E-state index contributed by atoms with van der Waals surface area (Å²) >= 11 is 12.2. The first-order chi connectivity index (χ1) is 15.6. The molecule has 1 aromatic heterocycles. The zero-order valence-corrected chi connectivity index (χ0v) is 19.2. The third-order valence-corrected chi connectivity index (χ3v) is 6.73. The van der Waals surface area contributed by atoms with Crippen LogP contribution in [-0.2, 0) is 4.74 Å². The second-order valence-corrected chi connectivity index (χ2v) is 8.87. The number of benzene rings is 2.